The van der Waals surface area contributed by atoms with Crippen molar-refractivity contribution in [2.75, 3.05) is 0 Å². The summed E-state index contributed by atoms with van der Waals surface area (Å²) >= 11 is 0. The standard InChI is InChI=1S/C19H19NO/c1-2-3-12-17-14-16-11-7-8-13-18(16)20(17)19(21)15-9-5-4-6-10-15/h4-11,13-14H,2-3,12H2,1H3. The first-order chi connectivity index (χ1) is 10.3. The Morgan fingerprint density at radius 2 is 1.71 bits per heavy atom. The minimum Gasteiger partial charge on any atom is -0.280 e. The van der Waals surface area contributed by atoms with Crippen LogP contribution in [0.3, 0.4) is 0 Å². The summed E-state index contributed by atoms with van der Waals surface area (Å²) in [4.78, 5) is 12.9. The highest BCUT2D eigenvalue weighted by Gasteiger charge is 2.15. The maximum atomic E-state index is 12.9. The van der Waals surface area contributed by atoms with E-state index < -0.39 is 0 Å². The third kappa shape index (κ3) is 2.62. The van der Waals surface area contributed by atoms with Crippen LogP contribution in [-0.2, 0) is 6.42 Å². The quantitative estimate of drug-likeness (QED) is 0.679. The molecule has 0 radical (unpaired) electrons. The van der Waals surface area contributed by atoms with Gasteiger partial charge >= 0.3 is 0 Å². The first-order valence-corrected chi connectivity index (χ1v) is 7.50. The van der Waals surface area contributed by atoms with Crippen LogP contribution >= 0.6 is 0 Å². The van der Waals surface area contributed by atoms with Crippen molar-refractivity contribution in [1.82, 2.24) is 4.57 Å². The number of hydrogen-bond donors (Lipinski definition) is 0. The van der Waals surface area contributed by atoms with Gasteiger partial charge in [-0.25, -0.2) is 0 Å². The second-order valence-electron chi connectivity index (χ2n) is 5.30. The molecule has 0 N–H and O–H groups in total. The Labute approximate surface area is 125 Å². The molecule has 0 aliphatic carbocycles. The second-order valence-corrected chi connectivity index (χ2v) is 5.30. The smallest absolute Gasteiger partial charge is 0.262 e. The highest BCUT2D eigenvalue weighted by molar-refractivity contribution is 6.02. The molecular formula is C19H19NO. The summed E-state index contributed by atoms with van der Waals surface area (Å²) in [7, 11) is 0. The van der Waals surface area contributed by atoms with Crippen LogP contribution in [0.4, 0.5) is 0 Å². The number of rotatable bonds is 4. The van der Waals surface area contributed by atoms with Crippen molar-refractivity contribution in [1.29, 1.82) is 0 Å². The lowest BCUT2D eigenvalue weighted by atomic mass is 10.2. The summed E-state index contributed by atoms with van der Waals surface area (Å²) in [6.45, 7) is 2.17. The number of aromatic nitrogens is 1. The van der Waals surface area contributed by atoms with E-state index >= 15 is 0 Å². The Morgan fingerprint density at radius 3 is 2.48 bits per heavy atom. The highest BCUT2D eigenvalue weighted by Crippen LogP contribution is 2.22. The van der Waals surface area contributed by atoms with Crippen LogP contribution in [0.2, 0.25) is 0 Å². The fourth-order valence-electron chi connectivity index (χ4n) is 2.70. The zero-order valence-electron chi connectivity index (χ0n) is 12.3. The molecule has 0 bridgehead atoms. The normalized spacial score (nSPS) is 10.9. The molecule has 2 aromatic carbocycles. The fourth-order valence-corrected chi connectivity index (χ4v) is 2.70. The summed E-state index contributed by atoms with van der Waals surface area (Å²) in [5.41, 5.74) is 2.83. The van der Waals surface area contributed by atoms with E-state index in [1.807, 2.05) is 53.1 Å². The summed E-state index contributed by atoms with van der Waals surface area (Å²) in [6.07, 6.45) is 3.16. The number of hydrogen-bond acceptors (Lipinski definition) is 1. The van der Waals surface area contributed by atoms with Gasteiger partial charge in [0.05, 0.1) is 5.52 Å². The number of aryl methyl sites for hydroxylation is 1. The van der Waals surface area contributed by atoms with Crippen molar-refractivity contribution >= 4 is 16.8 Å². The Balaban J connectivity index is 2.12. The van der Waals surface area contributed by atoms with Gasteiger partial charge < -0.3 is 0 Å². The van der Waals surface area contributed by atoms with Crippen LogP contribution in [0.1, 0.15) is 35.8 Å². The van der Waals surface area contributed by atoms with Gasteiger partial charge in [0, 0.05) is 16.6 Å². The van der Waals surface area contributed by atoms with E-state index in [1.165, 1.54) is 0 Å². The molecule has 0 saturated carbocycles. The molecular weight excluding hydrogens is 258 g/mol. The molecule has 0 unspecified atom stereocenters. The topological polar surface area (TPSA) is 22.0 Å². The zero-order chi connectivity index (χ0) is 14.7. The van der Waals surface area contributed by atoms with Crippen molar-refractivity contribution in [2.45, 2.75) is 26.2 Å². The van der Waals surface area contributed by atoms with Gasteiger partial charge in [-0.05, 0) is 37.1 Å². The van der Waals surface area contributed by atoms with Gasteiger partial charge in [-0.15, -0.1) is 0 Å². The van der Waals surface area contributed by atoms with Gasteiger partial charge in [0.1, 0.15) is 0 Å². The highest BCUT2D eigenvalue weighted by atomic mass is 16.2. The van der Waals surface area contributed by atoms with E-state index in [4.69, 9.17) is 0 Å². The number of fused-ring (bicyclic) bond motifs is 1. The monoisotopic (exact) mass is 277 g/mol. The Bertz CT molecular complexity index is 756. The van der Waals surface area contributed by atoms with Crippen LogP contribution < -0.4 is 0 Å². The lowest BCUT2D eigenvalue weighted by Gasteiger charge is -2.09. The number of carbonyl (C=O) groups excluding carboxylic acids is 1. The molecule has 106 valence electrons. The fraction of sp³-hybridized carbons (Fsp3) is 0.211. The maximum Gasteiger partial charge on any atom is 0.262 e. The Hall–Kier alpha value is -2.35. The van der Waals surface area contributed by atoms with Crippen LogP contribution in [0.5, 0.6) is 0 Å². The van der Waals surface area contributed by atoms with Crippen molar-refractivity contribution in [2.24, 2.45) is 0 Å². The van der Waals surface area contributed by atoms with Crippen molar-refractivity contribution in [3.63, 3.8) is 0 Å². The molecule has 0 atom stereocenters. The molecule has 1 heterocycles. The summed E-state index contributed by atoms with van der Waals surface area (Å²) in [5, 5.41) is 1.13. The number of para-hydroxylation sites is 1. The number of unbranched alkanes of at least 4 members (excludes halogenated alkanes) is 1. The second kappa shape index (κ2) is 5.96. The van der Waals surface area contributed by atoms with Crippen molar-refractivity contribution in [3.8, 4) is 0 Å². The minimum atomic E-state index is 0.0582. The molecule has 0 amide bonds. The molecule has 0 saturated heterocycles. The molecule has 21 heavy (non-hydrogen) atoms. The average molecular weight is 277 g/mol. The SMILES string of the molecule is CCCCc1cc2ccccc2n1C(=O)c1ccccc1. The molecule has 0 fully saturated rings. The Morgan fingerprint density at radius 1 is 1.00 bits per heavy atom. The van der Waals surface area contributed by atoms with Gasteiger partial charge in [0.15, 0.2) is 0 Å². The van der Waals surface area contributed by atoms with Crippen LogP contribution in [0.25, 0.3) is 10.9 Å². The van der Waals surface area contributed by atoms with Crippen molar-refractivity contribution < 1.29 is 4.79 Å². The zero-order valence-corrected chi connectivity index (χ0v) is 12.3. The third-order valence-electron chi connectivity index (χ3n) is 3.80. The third-order valence-corrected chi connectivity index (χ3v) is 3.80. The molecule has 1 aromatic heterocycles. The van der Waals surface area contributed by atoms with Gasteiger partial charge in [0.2, 0.25) is 0 Å². The summed E-state index contributed by atoms with van der Waals surface area (Å²) < 4.78 is 1.88. The predicted octanol–water partition coefficient (Wildman–Crippen LogP) is 4.67. The van der Waals surface area contributed by atoms with Crippen LogP contribution in [0, 0.1) is 0 Å². The van der Waals surface area contributed by atoms with E-state index in [0.29, 0.717) is 0 Å². The number of benzene rings is 2. The lowest BCUT2D eigenvalue weighted by Crippen LogP contribution is -2.14. The molecule has 0 aliphatic heterocycles. The first-order valence-electron chi connectivity index (χ1n) is 7.50. The van der Waals surface area contributed by atoms with Crippen molar-refractivity contribution in [3.05, 3.63) is 71.9 Å². The molecule has 0 spiro atoms. The predicted molar refractivity (Wildman–Crippen MR) is 86.7 cm³/mol. The summed E-state index contributed by atoms with van der Waals surface area (Å²) in [6, 6.07) is 19.7. The van der Waals surface area contributed by atoms with Crippen LogP contribution in [-0.4, -0.2) is 10.5 Å². The van der Waals surface area contributed by atoms with E-state index in [-0.39, 0.29) is 5.91 Å². The maximum absolute atomic E-state index is 12.9. The molecule has 2 heteroatoms. The molecule has 3 rings (SSSR count). The molecule has 0 aliphatic rings. The minimum absolute atomic E-state index is 0.0582. The van der Waals surface area contributed by atoms with E-state index in [9.17, 15) is 4.79 Å². The van der Waals surface area contributed by atoms with E-state index in [2.05, 4.69) is 19.1 Å². The largest absolute Gasteiger partial charge is 0.280 e. The number of carbonyl (C=O) groups is 1. The van der Waals surface area contributed by atoms with Gasteiger partial charge in [-0.3, -0.25) is 9.36 Å². The van der Waals surface area contributed by atoms with E-state index in [1.54, 1.807) is 0 Å². The number of nitrogens with zero attached hydrogens (tertiary/aromatic N) is 1. The molecule has 3 aromatic rings. The van der Waals surface area contributed by atoms with Gasteiger partial charge in [-0.1, -0.05) is 49.7 Å². The first kappa shape index (κ1) is 13.6. The summed E-state index contributed by atoms with van der Waals surface area (Å²) in [5.74, 6) is 0.0582. The average Bonchev–Trinajstić information content (AvgIpc) is 2.91. The Kier molecular flexibility index (Phi) is 3.87. The van der Waals surface area contributed by atoms with Gasteiger partial charge in [0.25, 0.3) is 5.91 Å². The lowest BCUT2D eigenvalue weighted by molar-refractivity contribution is 0.0962. The van der Waals surface area contributed by atoms with Crippen LogP contribution in [0.15, 0.2) is 60.7 Å². The van der Waals surface area contributed by atoms with Gasteiger partial charge in [-0.2, -0.15) is 0 Å². The molecule has 2 nitrogen and oxygen atoms in total. The van der Waals surface area contributed by atoms with E-state index in [0.717, 1.165) is 41.4 Å².